The topological polar surface area (TPSA) is 54.5 Å². The highest BCUT2D eigenvalue weighted by molar-refractivity contribution is 9.11. The molecule has 0 aromatic carbocycles. The van der Waals surface area contributed by atoms with E-state index in [4.69, 9.17) is 0 Å². The lowest BCUT2D eigenvalue weighted by Gasteiger charge is -2.26. The highest BCUT2D eigenvalue weighted by Gasteiger charge is 2.43. The van der Waals surface area contributed by atoms with Gasteiger partial charge in [-0.2, -0.15) is 0 Å². The molecule has 0 bridgehead atoms. The number of hydrogen-bond acceptors (Lipinski definition) is 4. The van der Waals surface area contributed by atoms with Crippen LogP contribution in [0.2, 0.25) is 0 Å². The molecule has 1 atom stereocenters. The third kappa shape index (κ3) is 2.80. The molecular formula is C13H18BrNO3S2. The van der Waals surface area contributed by atoms with Gasteiger partial charge in [0, 0.05) is 13.0 Å². The summed E-state index contributed by atoms with van der Waals surface area (Å²) in [5.74, 6) is -0.235. The molecule has 1 aliphatic heterocycles. The van der Waals surface area contributed by atoms with Gasteiger partial charge >= 0.3 is 0 Å². The first-order valence-electron chi connectivity index (χ1n) is 6.35. The smallest absolute Gasteiger partial charge is 0.274 e. The van der Waals surface area contributed by atoms with Crippen molar-refractivity contribution < 1.29 is 13.2 Å². The molecule has 1 fully saturated rings. The Balaban J connectivity index is 2.34. The zero-order valence-corrected chi connectivity index (χ0v) is 15.2. The second-order valence-corrected chi connectivity index (χ2v) is 10.7. The Hall–Kier alpha value is -0.400. The molecule has 1 unspecified atom stereocenters. The van der Waals surface area contributed by atoms with Crippen LogP contribution in [0.1, 0.15) is 32.8 Å². The number of carbonyl (C=O) groups is 1. The lowest BCUT2D eigenvalue weighted by Crippen LogP contribution is -2.33. The van der Waals surface area contributed by atoms with Crippen molar-refractivity contribution >= 4 is 43.2 Å². The van der Waals surface area contributed by atoms with E-state index in [1.165, 1.54) is 0 Å². The van der Waals surface area contributed by atoms with Gasteiger partial charge in [0.05, 0.1) is 3.79 Å². The minimum Gasteiger partial charge on any atom is -0.274 e. The van der Waals surface area contributed by atoms with E-state index in [-0.39, 0.29) is 28.0 Å². The van der Waals surface area contributed by atoms with Crippen LogP contribution in [-0.4, -0.2) is 25.2 Å². The van der Waals surface area contributed by atoms with Crippen molar-refractivity contribution in [1.82, 2.24) is 4.31 Å². The number of halogens is 1. The number of nitrogens with zero attached hydrogens (tertiary/aromatic N) is 1. The largest absolute Gasteiger partial charge is 0.276 e. The Kier molecular flexibility index (Phi) is 4.08. The van der Waals surface area contributed by atoms with Gasteiger partial charge in [0.1, 0.15) is 4.21 Å². The minimum absolute atomic E-state index is 0.0641. The molecule has 112 valence electrons. The van der Waals surface area contributed by atoms with E-state index in [9.17, 15) is 13.2 Å². The summed E-state index contributed by atoms with van der Waals surface area (Å²) >= 11 is 4.48. The molecule has 1 aliphatic rings. The molecule has 1 amide bonds. The summed E-state index contributed by atoms with van der Waals surface area (Å²) in [6.07, 6.45) is 0.300. The van der Waals surface area contributed by atoms with Gasteiger partial charge in [-0.3, -0.25) is 4.79 Å². The van der Waals surface area contributed by atoms with E-state index in [1.54, 1.807) is 6.07 Å². The number of rotatable bonds is 2. The monoisotopic (exact) mass is 379 g/mol. The molecule has 1 aromatic heterocycles. The Morgan fingerprint density at radius 3 is 2.40 bits per heavy atom. The fraction of sp³-hybridized carbons (Fsp3) is 0.615. The molecule has 7 heteroatoms. The Morgan fingerprint density at radius 2 is 2.00 bits per heavy atom. The van der Waals surface area contributed by atoms with Crippen LogP contribution in [0.5, 0.6) is 0 Å². The number of amides is 1. The van der Waals surface area contributed by atoms with Crippen LogP contribution in [0.25, 0.3) is 0 Å². The van der Waals surface area contributed by atoms with Crippen LogP contribution in [0.3, 0.4) is 0 Å². The number of aryl methyl sites for hydroxylation is 1. The normalized spacial score (nSPS) is 20.8. The predicted octanol–water partition coefficient (Wildman–Crippen LogP) is 3.40. The van der Waals surface area contributed by atoms with Crippen molar-refractivity contribution in [3.63, 3.8) is 0 Å². The van der Waals surface area contributed by atoms with Crippen molar-refractivity contribution in [2.45, 2.75) is 38.3 Å². The van der Waals surface area contributed by atoms with Gasteiger partial charge in [-0.1, -0.05) is 20.8 Å². The summed E-state index contributed by atoms with van der Waals surface area (Å²) < 4.78 is 27.2. The maximum atomic E-state index is 12.6. The fourth-order valence-corrected chi connectivity index (χ4v) is 5.95. The van der Waals surface area contributed by atoms with Gasteiger partial charge in [-0.25, -0.2) is 12.7 Å². The highest BCUT2D eigenvalue weighted by Crippen LogP contribution is 2.39. The molecule has 0 saturated carbocycles. The second-order valence-electron chi connectivity index (χ2n) is 6.22. The van der Waals surface area contributed by atoms with Gasteiger partial charge in [0.25, 0.3) is 10.0 Å². The fourth-order valence-electron chi connectivity index (χ4n) is 2.16. The lowest BCUT2D eigenvalue weighted by atomic mass is 9.80. The average molecular weight is 380 g/mol. The summed E-state index contributed by atoms with van der Waals surface area (Å²) in [6.45, 7) is 8.22. The summed E-state index contributed by atoms with van der Waals surface area (Å²) in [7, 11) is -3.71. The maximum absolute atomic E-state index is 12.6. The number of carbonyl (C=O) groups excluding carboxylic acids is 1. The molecule has 1 aromatic rings. The first-order chi connectivity index (χ1) is 9.03. The van der Waals surface area contributed by atoms with Crippen LogP contribution >= 0.6 is 27.3 Å². The molecular weight excluding hydrogens is 362 g/mol. The van der Waals surface area contributed by atoms with Gasteiger partial charge in [-0.15, -0.1) is 11.3 Å². The molecule has 0 aliphatic carbocycles. The number of thiophene rings is 1. The van der Waals surface area contributed by atoms with Gasteiger partial charge in [0.2, 0.25) is 5.91 Å². The third-order valence-electron chi connectivity index (χ3n) is 3.69. The Labute approximate surface area is 132 Å². The van der Waals surface area contributed by atoms with Crippen molar-refractivity contribution in [2.24, 2.45) is 11.3 Å². The molecule has 2 heterocycles. The zero-order valence-electron chi connectivity index (χ0n) is 11.9. The summed E-state index contributed by atoms with van der Waals surface area (Å²) in [5.41, 5.74) is 0.791. The molecule has 0 spiro atoms. The minimum atomic E-state index is -3.71. The van der Waals surface area contributed by atoms with Crippen molar-refractivity contribution in [1.29, 1.82) is 0 Å². The van der Waals surface area contributed by atoms with E-state index < -0.39 is 10.0 Å². The molecule has 2 rings (SSSR count). The summed E-state index contributed by atoms with van der Waals surface area (Å²) in [6, 6.07) is 1.61. The summed E-state index contributed by atoms with van der Waals surface area (Å²) in [4.78, 5) is 12.1. The van der Waals surface area contributed by atoms with E-state index in [1.807, 2.05) is 27.7 Å². The van der Waals surface area contributed by atoms with E-state index in [0.717, 1.165) is 25.0 Å². The standard InChI is InChI=1S/C13H18BrNO3S2/c1-8-5-11(19-12(8)14)20(17,18)15-7-9(6-10(15)16)13(2,3)4/h5,9H,6-7H2,1-4H3. The van der Waals surface area contributed by atoms with E-state index in [0.29, 0.717) is 6.42 Å². The highest BCUT2D eigenvalue weighted by atomic mass is 79.9. The van der Waals surface area contributed by atoms with Gasteiger partial charge < -0.3 is 0 Å². The average Bonchev–Trinajstić information content (AvgIpc) is 2.83. The zero-order chi connectivity index (χ0) is 15.3. The molecule has 0 radical (unpaired) electrons. The molecule has 1 saturated heterocycles. The van der Waals surface area contributed by atoms with Gasteiger partial charge in [0.15, 0.2) is 0 Å². The quantitative estimate of drug-likeness (QED) is 0.790. The van der Waals surface area contributed by atoms with E-state index >= 15 is 0 Å². The van der Waals surface area contributed by atoms with E-state index in [2.05, 4.69) is 15.9 Å². The first-order valence-corrected chi connectivity index (χ1v) is 9.40. The van der Waals surface area contributed by atoms with Crippen LogP contribution in [-0.2, 0) is 14.8 Å². The number of hydrogen-bond donors (Lipinski definition) is 0. The second kappa shape index (κ2) is 5.10. The number of sulfonamides is 1. The van der Waals surface area contributed by atoms with Crippen LogP contribution in [0.15, 0.2) is 14.1 Å². The van der Waals surface area contributed by atoms with Crippen molar-refractivity contribution in [3.8, 4) is 0 Å². The van der Waals surface area contributed by atoms with Gasteiger partial charge in [-0.05, 0) is 45.8 Å². The van der Waals surface area contributed by atoms with Crippen LogP contribution in [0, 0.1) is 18.3 Å². The predicted molar refractivity (Wildman–Crippen MR) is 83.2 cm³/mol. The SMILES string of the molecule is Cc1cc(S(=O)(=O)N2CC(C(C)(C)C)CC2=O)sc1Br. The molecule has 4 nitrogen and oxygen atoms in total. The van der Waals surface area contributed by atoms with Crippen LogP contribution in [0.4, 0.5) is 0 Å². The van der Waals surface area contributed by atoms with Crippen LogP contribution < -0.4 is 0 Å². The van der Waals surface area contributed by atoms with Crippen molar-refractivity contribution in [2.75, 3.05) is 6.54 Å². The Bertz CT molecular complexity index is 624. The maximum Gasteiger partial charge on any atom is 0.276 e. The lowest BCUT2D eigenvalue weighted by molar-refractivity contribution is -0.123. The van der Waals surface area contributed by atoms with Crippen molar-refractivity contribution in [3.05, 3.63) is 15.4 Å². The summed E-state index contributed by atoms with van der Waals surface area (Å²) in [5, 5.41) is 0. The Morgan fingerprint density at radius 1 is 1.40 bits per heavy atom. The molecule has 0 N–H and O–H groups in total. The molecule has 20 heavy (non-hydrogen) atoms. The first kappa shape index (κ1) is 16.0. The third-order valence-corrected chi connectivity index (χ3v) is 8.06.